The number of nitrogens with zero attached hydrogens (tertiary/aromatic N) is 1. The van der Waals surface area contributed by atoms with Crippen LogP contribution in [0.2, 0.25) is 0 Å². The largest absolute Gasteiger partial charge is 0.360 e. The van der Waals surface area contributed by atoms with E-state index in [1.165, 1.54) is 64.2 Å². The van der Waals surface area contributed by atoms with Crippen LogP contribution >= 0.6 is 12.2 Å². The van der Waals surface area contributed by atoms with Crippen molar-refractivity contribution in [1.29, 1.82) is 0 Å². The van der Waals surface area contributed by atoms with E-state index in [4.69, 9.17) is 12.2 Å². The second-order valence-corrected chi connectivity index (χ2v) is 7.52. The number of thiocarbonyl (C=S) groups is 1. The normalized spacial score (nSPS) is 22.7. The van der Waals surface area contributed by atoms with Gasteiger partial charge in [0.2, 0.25) is 0 Å². The Morgan fingerprint density at radius 1 is 1.15 bits per heavy atom. The molecule has 2 saturated carbocycles. The van der Waals surface area contributed by atoms with Crippen molar-refractivity contribution in [3.05, 3.63) is 0 Å². The average Bonchev–Trinajstić information content (AvgIpc) is 2.93. The van der Waals surface area contributed by atoms with E-state index in [2.05, 4.69) is 24.1 Å². The number of rotatable bonds is 5. The summed E-state index contributed by atoms with van der Waals surface area (Å²) in [5.74, 6) is 0. The molecule has 0 bridgehead atoms. The standard InChI is InChI=1S/C17H32N2S/c1-3-19(16(20)18-15-9-5-6-10-15)14-13-17(2)11-7-4-8-12-17/h15H,3-14H2,1-2H3,(H,18,20). The van der Waals surface area contributed by atoms with Gasteiger partial charge < -0.3 is 10.2 Å². The van der Waals surface area contributed by atoms with Crippen LogP contribution in [0.5, 0.6) is 0 Å². The van der Waals surface area contributed by atoms with Crippen molar-refractivity contribution in [1.82, 2.24) is 10.2 Å². The number of nitrogens with one attached hydrogen (secondary N) is 1. The highest BCUT2D eigenvalue weighted by Crippen LogP contribution is 2.38. The Bertz CT molecular complexity index is 304. The first kappa shape index (κ1) is 16.1. The van der Waals surface area contributed by atoms with E-state index >= 15 is 0 Å². The van der Waals surface area contributed by atoms with Crippen LogP contribution in [-0.2, 0) is 0 Å². The first-order chi connectivity index (χ1) is 9.63. The topological polar surface area (TPSA) is 15.3 Å². The highest BCUT2D eigenvalue weighted by molar-refractivity contribution is 7.80. The fraction of sp³-hybridized carbons (Fsp3) is 0.941. The molecule has 0 aromatic heterocycles. The SMILES string of the molecule is CCN(CCC1(C)CCCCC1)C(=S)NC1CCCC1. The lowest BCUT2D eigenvalue weighted by molar-refractivity contribution is 0.182. The van der Waals surface area contributed by atoms with Crippen molar-refractivity contribution in [2.75, 3.05) is 13.1 Å². The molecule has 0 radical (unpaired) electrons. The predicted octanol–water partition coefficient (Wildman–Crippen LogP) is 4.49. The van der Waals surface area contributed by atoms with Crippen LogP contribution in [0.3, 0.4) is 0 Å². The van der Waals surface area contributed by atoms with Crippen LogP contribution in [0.1, 0.15) is 78.1 Å². The summed E-state index contributed by atoms with van der Waals surface area (Å²) in [7, 11) is 0. The zero-order chi connectivity index (χ0) is 14.4. The Labute approximate surface area is 130 Å². The maximum absolute atomic E-state index is 5.63. The molecule has 3 heteroatoms. The van der Waals surface area contributed by atoms with Gasteiger partial charge in [-0.2, -0.15) is 0 Å². The lowest BCUT2D eigenvalue weighted by Crippen LogP contribution is -2.45. The van der Waals surface area contributed by atoms with Gasteiger partial charge in [-0.1, -0.05) is 39.0 Å². The van der Waals surface area contributed by atoms with Crippen LogP contribution in [-0.4, -0.2) is 29.1 Å². The Morgan fingerprint density at radius 3 is 2.40 bits per heavy atom. The van der Waals surface area contributed by atoms with E-state index in [9.17, 15) is 0 Å². The zero-order valence-corrected chi connectivity index (χ0v) is 14.2. The minimum Gasteiger partial charge on any atom is -0.360 e. The van der Waals surface area contributed by atoms with Crippen LogP contribution in [0, 0.1) is 5.41 Å². The van der Waals surface area contributed by atoms with Crippen molar-refractivity contribution in [2.45, 2.75) is 84.1 Å². The van der Waals surface area contributed by atoms with Crippen molar-refractivity contribution in [3.63, 3.8) is 0 Å². The third-order valence-electron chi connectivity index (χ3n) is 5.40. The van der Waals surface area contributed by atoms with Crippen LogP contribution in [0.25, 0.3) is 0 Å². The fourth-order valence-electron chi connectivity index (χ4n) is 3.80. The zero-order valence-electron chi connectivity index (χ0n) is 13.4. The number of hydrogen-bond donors (Lipinski definition) is 1. The molecule has 0 saturated heterocycles. The quantitative estimate of drug-likeness (QED) is 0.753. The highest BCUT2D eigenvalue weighted by atomic mass is 32.1. The minimum atomic E-state index is 0.564. The van der Waals surface area contributed by atoms with Crippen LogP contribution < -0.4 is 5.32 Å². The molecule has 2 aliphatic carbocycles. The lowest BCUT2D eigenvalue weighted by Gasteiger charge is -2.36. The van der Waals surface area contributed by atoms with Gasteiger partial charge in [-0.3, -0.25) is 0 Å². The first-order valence-electron chi connectivity index (χ1n) is 8.68. The molecule has 0 atom stereocenters. The fourth-order valence-corrected chi connectivity index (χ4v) is 4.19. The molecule has 2 aliphatic rings. The van der Waals surface area contributed by atoms with Gasteiger partial charge in [0, 0.05) is 19.1 Å². The minimum absolute atomic E-state index is 0.564. The van der Waals surface area contributed by atoms with E-state index in [1.807, 2.05) is 0 Å². The summed E-state index contributed by atoms with van der Waals surface area (Å²) in [6.45, 7) is 6.87. The molecular formula is C17H32N2S. The van der Waals surface area contributed by atoms with Crippen LogP contribution in [0.15, 0.2) is 0 Å². The van der Waals surface area contributed by atoms with E-state index in [1.54, 1.807) is 0 Å². The van der Waals surface area contributed by atoms with Crippen molar-refractivity contribution in [3.8, 4) is 0 Å². The van der Waals surface area contributed by atoms with Gasteiger partial charge in [-0.05, 0) is 56.7 Å². The second-order valence-electron chi connectivity index (χ2n) is 7.13. The average molecular weight is 297 g/mol. The summed E-state index contributed by atoms with van der Waals surface area (Å²) < 4.78 is 0. The van der Waals surface area contributed by atoms with Gasteiger partial charge in [0.15, 0.2) is 5.11 Å². The molecule has 2 nitrogen and oxygen atoms in total. The molecule has 2 fully saturated rings. The molecule has 116 valence electrons. The maximum Gasteiger partial charge on any atom is 0.169 e. The molecule has 0 aromatic rings. The lowest BCUT2D eigenvalue weighted by atomic mass is 9.73. The summed E-state index contributed by atoms with van der Waals surface area (Å²) in [4.78, 5) is 2.38. The van der Waals surface area contributed by atoms with Gasteiger partial charge in [-0.25, -0.2) is 0 Å². The molecule has 20 heavy (non-hydrogen) atoms. The Morgan fingerprint density at radius 2 is 1.80 bits per heavy atom. The second kappa shape index (κ2) is 7.63. The highest BCUT2D eigenvalue weighted by Gasteiger charge is 2.27. The molecule has 0 aliphatic heterocycles. The van der Waals surface area contributed by atoms with Gasteiger partial charge in [0.25, 0.3) is 0 Å². The molecular weight excluding hydrogens is 264 g/mol. The van der Waals surface area contributed by atoms with Gasteiger partial charge in [0.05, 0.1) is 0 Å². The summed E-state index contributed by atoms with van der Waals surface area (Å²) >= 11 is 5.63. The third kappa shape index (κ3) is 4.61. The van der Waals surface area contributed by atoms with E-state index in [0.717, 1.165) is 18.2 Å². The summed E-state index contributed by atoms with van der Waals surface area (Å²) in [5.41, 5.74) is 0.564. The van der Waals surface area contributed by atoms with E-state index < -0.39 is 0 Å². The molecule has 0 amide bonds. The molecule has 0 heterocycles. The maximum atomic E-state index is 5.63. The van der Waals surface area contributed by atoms with Crippen molar-refractivity contribution < 1.29 is 0 Å². The Kier molecular flexibility index (Phi) is 6.13. The van der Waals surface area contributed by atoms with Gasteiger partial charge >= 0.3 is 0 Å². The molecule has 0 aromatic carbocycles. The predicted molar refractivity (Wildman–Crippen MR) is 91.0 cm³/mol. The summed E-state index contributed by atoms with van der Waals surface area (Å²) in [6, 6.07) is 0.641. The summed E-state index contributed by atoms with van der Waals surface area (Å²) in [5, 5.41) is 4.59. The van der Waals surface area contributed by atoms with Crippen LogP contribution in [0.4, 0.5) is 0 Å². The van der Waals surface area contributed by atoms with Gasteiger partial charge in [0.1, 0.15) is 0 Å². The number of hydrogen-bond acceptors (Lipinski definition) is 1. The van der Waals surface area contributed by atoms with Gasteiger partial charge in [-0.15, -0.1) is 0 Å². The molecule has 0 unspecified atom stereocenters. The third-order valence-corrected chi connectivity index (χ3v) is 5.77. The molecule has 1 N–H and O–H groups in total. The van der Waals surface area contributed by atoms with E-state index in [-0.39, 0.29) is 0 Å². The Hall–Kier alpha value is -0.310. The van der Waals surface area contributed by atoms with Crippen molar-refractivity contribution >= 4 is 17.3 Å². The van der Waals surface area contributed by atoms with E-state index in [0.29, 0.717) is 11.5 Å². The smallest absolute Gasteiger partial charge is 0.169 e. The summed E-state index contributed by atoms with van der Waals surface area (Å²) in [6.07, 6.45) is 13.7. The van der Waals surface area contributed by atoms with Crippen molar-refractivity contribution in [2.24, 2.45) is 5.41 Å². The molecule has 2 rings (SSSR count). The molecule has 0 spiro atoms. The Balaban J connectivity index is 1.77. The first-order valence-corrected chi connectivity index (χ1v) is 9.09. The monoisotopic (exact) mass is 296 g/mol.